The second kappa shape index (κ2) is 3.53. The Morgan fingerprint density at radius 3 is 3.00 bits per heavy atom. The van der Waals surface area contributed by atoms with Gasteiger partial charge in [0.15, 0.2) is 0 Å². The first-order valence-corrected chi connectivity index (χ1v) is 4.01. The summed E-state index contributed by atoms with van der Waals surface area (Å²) in [7, 11) is 0. The topological polar surface area (TPSA) is 43.8 Å². The van der Waals surface area contributed by atoms with Crippen molar-refractivity contribution >= 4 is 0 Å². The Bertz CT molecular complexity index is 215. The number of aryl methyl sites for hydroxylation is 1. The van der Waals surface area contributed by atoms with Crippen molar-refractivity contribution in [3.8, 4) is 0 Å². The Kier molecular flexibility index (Phi) is 2.65. The zero-order valence-corrected chi connectivity index (χ0v) is 7.12. The molecule has 62 valence electrons. The van der Waals surface area contributed by atoms with Gasteiger partial charge in [-0.15, -0.1) is 0 Å². The van der Waals surface area contributed by atoms with Crippen LogP contribution in [0.15, 0.2) is 12.5 Å². The zero-order chi connectivity index (χ0) is 8.27. The van der Waals surface area contributed by atoms with E-state index in [1.807, 2.05) is 19.4 Å². The Balaban J connectivity index is 2.78. The fraction of sp³-hybridized carbons (Fsp3) is 0.625. The van der Waals surface area contributed by atoms with E-state index < -0.39 is 0 Å². The van der Waals surface area contributed by atoms with Gasteiger partial charge in [-0.2, -0.15) is 0 Å². The van der Waals surface area contributed by atoms with Crippen molar-refractivity contribution in [3.05, 3.63) is 18.2 Å². The van der Waals surface area contributed by atoms with E-state index in [-0.39, 0.29) is 6.04 Å². The van der Waals surface area contributed by atoms with Crippen LogP contribution in [0.5, 0.6) is 0 Å². The Morgan fingerprint density at radius 1 is 1.73 bits per heavy atom. The van der Waals surface area contributed by atoms with Gasteiger partial charge in [-0.05, 0) is 13.3 Å². The molecule has 1 aromatic rings. The number of imidazole rings is 1. The van der Waals surface area contributed by atoms with Crippen LogP contribution in [-0.4, -0.2) is 9.55 Å². The maximum atomic E-state index is 5.73. The third-order valence-electron chi connectivity index (χ3n) is 1.68. The van der Waals surface area contributed by atoms with E-state index in [4.69, 9.17) is 5.73 Å². The van der Waals surface area contributed by atoms with E-state index in [2.05, 4.69) is 16.5 Å². The molecular weight excluding hydrogens is 138 g/mol. The second-order valence-corrected chi connectivity index (χ2v) is 2.80. The highest BCUT2D eigenvalue weighted by atomic mass is 15.1. The predicted molar refractivity (Wildman–Crippen MR) is 45.1 cm³/mol. The number of rotatable bonds is 3. The lowest BCUT2D eigenvalue weighted by molar-refractivity contribution is 0.614. The molecule has 1 atom stereocenters. The van der Waals surface area contributed by atoms with Crippen LogP contribution in [0.2, 0.25) is 0 Å². The molecule has 0 fully saturated rings. The highest BCUT2D eigenvalue weighted by Gasteiger charge is 2.04. The van der Waals surface area contributed by atoms with Crippen LogP contribution in [0.1, 0.15) is 32.0 Å². The van der Waals surface area contributed by atoms with Gasteiger partial charge in [0.05, 0.1) is 12.0 Å². The number of hydrogen-bond acceptors (Lipinski definition) is 2. The van der Waals surface area contributed by atoms with Crippen LogP contribution in [0.25, 0.3) is 0 Å². The number of nitrogens with zero attached hydrogens (tertiary/aromatic N) is 2. The van der Waals surface area contributed by atoms with Crippen molar-refractivity contribution in [3.63, 3.8) is 0 Å². The molecule has 0 saturated carbocycles. The van der Waals surface area contributed by atoms with Gasteiger partial charge in [-0.3, -0.25) is 0 Å². The van der Waals surface area contributed by atoms with Gasteiger partial charge in [0.1, 0.15) is 0 Å². The minimum atomic E-state index is 0.0871. The molecular formula is C8H15N3. The lowest BCUT2D eigenvalue weighted by atomic mass is 10.2. The summed E-state index contributed by atoms with van der Waals surface area (Å²) in [6.07, 6.45) is 4.79. The van der Waals surface area contributed by atoms with E-state index in [1.165, 1.54) is 0 Å². The summed E-state index contributed by atoms with van der Waals surface area (Å²) in [5.41, 5.74) is 6.85. The van der Waals surface area contributed by atoms with Crippen molar-refractivity contribution in [1.29, 1.82) is 0 Å². The SMILES string of the molecule is CCCn1cncc1C(C)N. The Labute approximate surface area is 67.2 Å². The van der Waals surface area contributed by atoms with Gasteiger partial charge in [0.2, 0.25) is 0 Å². The van der Waals surface area contributed by atoms with Crippen LogP contribution in [0.3, 0.4) is 0 Å². The van der Waals surface area contributed by atoms with Crippen molar-refractivity contribution in [2.45, 2.75) is 32.9 Å². The minimum absolute atomic E-state index is 0.0871. The largest absolute Gasteiger partial charge is 0.333 e. The van der Waals surface area contributed by atoms with Crippen molar-refractivity contribution in [2.24, 2.45) is 5.73 Å². The van der Waals surface area contributed by atoms with Crippen molar-refractivity contribution in [2.75, 3.05) is 0 Å². The summed E-state index contributed by atoms with van der Waals surface area (Å²) in [4.78, 5) is 4.04. The smallest absolute Gasteiger partial charge is 0.0948 e. The summed E-state index contributed by atoms with van der Waals surface area (Å²) >= 11 is 0. The molecule has 1 aromatic heterocycles. The molecule has 0 spiro atoms. The highest BCUT2D eigenvalue weighted by Crippen LogP contribution is 2.08. The van der Waals surface area contributed by atoms with Crippen LogP contribution >= 0.6 is 0 Å². The van der Waals surface area contributed by atoms with Crippen LogP contribution in [0, 0.1) is 0 Å². The number of nitrogens with two attached hydrogens (primary N) is 1. The highest BCUT2D eigenvalue weighted by molar-refractivity contribution is 5.02. The van der Waals surface area contributed by atoms with Gasteiger partial charge in [0, 0.05) is 18.8 Å². The van der Waals surface area contributed by atoms with E-state index in [9.17, 15) is 0 Å². The van der Waals surface area contributed by atoms with Crippen LogP contribution in [0.4, 0.5) is 0 Å². The molecule has 3 nitrogen and oxygen atoms in total. The van der Waals surface area contributed by atoms with Crippen LogP contribution in [-0.2, 0) is 6.54 Å². The number of aromatic nitrogens is 2. The first-order chi connectivity index (χ1) is 5.25. The minimum Gasteiger partial charge on any atom is -0.333 e. The summed E-state index contributed by atoms with van der Waals surface area (Å²) in [6.45, 7) is 5.13. The normalized spacial score (nSPS) is 13.4. The van der Waals surface area contributed by atoms with Gasteiger partial charge in [0.25, 0.3) is 0 Å². The molecule has 0 aliphatic heterocycles. The summed E-state index contributed by atoms with van der Waals surface area (Å²) < 4.78 is 2.10. The second-order valence-electron chi connectivity index (χ2n) is 2.80. The van der Waals surface area contributed by atoms with Gasteiger partial charge in [-0.1, -0.05) is 6.92 Å². The molecule has 0 radical (unpaired) electrons. The molecule has 2 N–H and O–H groups in total. The van der Waals surface area contributed by atoms with Gasteiger partial charge in [-0.25, -0.2) is 4.98 Å². The van der Waals surface area contributed by atoms with Crippen molar-refractivity contribution in [1.82, 2.24) is 9.55 Å². The molecule has 1 unspecified atom stereocenters. The Morgan fingerprint density at radius 2 is 2.45 bits per heavy atom. The molecule has 0 bridgehead atoms. The van der Waals surface area contributed by atoms with E-state index in [1.54, 1.807) is 0 Å². The zero-order valence-electron chi connectivity index (χ0n) is 7.12. The molecule has 0 amide bonds. The third-order valence-corrected chi connectivity index (χ3v) is 1.68. The first kappa shape index (κ1) is 8.27. The third kappa shape index (κ3) is 1.80. The molecule has 11 heavy (non-hydrogen) atoms. The van der Waals surface area contributed by atoms with E-state index >= 15 is 0 Å². The average Bonchev–Trinajstić information content (AvgIpc) is 2.36. The predicted octanol–water partition coefficient (Wildman–Crippen LogP) is 1.31. The molecule has 1 heterocycles. The lowest BCUT2D eigenvalue weighted by Crippen LogP contribution is -2.11. The summed E-state index contributed by atoms with van der Waals surface area (Å²) in [5, 5.41) is 0. The average molecular weight is 153 g/mol. The van der Waals surface area contributed by atoms with Crippen molar-refractivity contribution < 1.29 is 0 Å². The lowest BCUT2D eigenvalue weighted by Gasteiger charge is -2.08. The Hall–Kier alpha value is -0.830. The first-order valence-electron chi connectivity index (χ1n) is 4.01. The quantitative estimate of drug-likeness (QED) is 0.711. The molecule has 0 aliphatic carbocycles. The standard InChI is InChI=1S/C8H15N3/c1-3-4-11-6-10-5-8(11)7(2)9/h5-7H,3-4,9H2,1-2H3. The van der Waals surface area contributed by atoms with E-state index in [0.29, 0.717) is 0 Å². The molecule has 1 rings (SSSR count). The monoisotopic (exact) mass is 153 g/mol. The fourth-order valence-electron chi connectivity index (χ4n) is 1.14. The fourth-order valence-corrected chi connectivity index (χ4v) is 1.14. The van der Waals surface area contributed by atoms with Crippen LogP contribution < -0.4 is 5.73 Å². The maximum absolute atomic E-state index is 5.73. The van der Waals surface area contributed by atoms with E-state index in [0.717, 1.165) is 18.7 Å². The summed E-state index contributed by atoms with van der Waals surface area (Å²) in [6, 6.07) is 0.0871. The van der Waals surface area contributed by atoms with Gasteiger partial charge < -0.3 is 10.3 Å². The number of hydrogen-bond donors (Lipinski definition) is 1. The molecule has 0 saturated heterocycles. The molecule has 0 aromatic carbocycles. The molecule has 3 heteroatoms. The summed E-state index contributed by atoms with van der Waals surface area (Å²) in [5.74, 6) is 0. The van der Waals surface area contributed by atoms with Gasteiger partial charge >= 0.3 is 0 Å². The maximum Gasteiger partial charge on any atom is 0.0948 e. The molecule has 0 aliphatic rings.